The van der Waals surface area contributed by atoms with Crippen molar-refractivity contribution in [2.24, 2.45) is 0 Å². The average Bonchev–Trinajstić information content (AvgIpc) is 2.91. The lowest BCUT2D eigenvalue weighted by atomic mass is 10.1. The van der Waals surface area contributed by atoms with E-state index in [9.17, 15) is 18.0 Å². The minimum Gasteiger partial charge on any atom is -0.375 e. The molecule has 3 unspecified atom stereocenters. The Morgan fingerprint density at radius 3 is 2.61 bits per heavy atom. The maximum Gasteiger partial charge on any atom is 0.405 e. The Balaban J connectivity index is 1.75. The van der Waals surface area contributed by atoms with Gasteiger partial charge in [-0.1, -0.05) is 0 Å². The average molecular weight is 337 g/mol. The summed E-state index contributed by atoms with van der Waals surface area (Å²) in [6.07, 6.45) is -1.39. The van der Waals surface area contributed by atoms with Gasteiger partial charge in [0.25, 0.3) is 0 Å². The molecule has 2 saturated heterocycles. The Morgan fingerprint density at radius 2 is 2.04 bits per heavy atom. The Morgan fingerprint density at radius 1 is 1.35 bits per heavy atom. The molecule has 2 fully saturated rings. The summed E-state index contributed by atoms with van der Waals surface area (Å²) in [7, 11) is 0. The third kappa shape index (κ3) is 5.93. The smallest absolute Gasteiger partial charge is 0.375 e. The Labute approximate surface area is 134 Å². The third-order valence-electron chi connectivity index (χ3n) is 4.48. The minimum atomic E-state index is -4.34. The monoisotopic (exact) mass is 337 g/mol. The highest BCUT2D eigenvalue weighted by Crippen LogP contribution is 2.25. The second-order valence-corrected chi connectivity index (χ2v) is 6.33. The molecule has 8 heteroatoms. The number of halogens is 3. The lowest BCUT2D eigenvalue weighted by Gasteiger charge is -2.35. The maximum absolute atomic E-state index is 13.2. The first kappa shape index (κ1) is 18.5. The quantitative estimate of drug-likeness (QED) is 0.767. The number of ether oxygens (including phenoxy) is 1. The van der Waals surface area contributed by atoms with Crippen molar-refractivity contribution in [3.63, 3.8) is 0 Å². The standard InChI is InChI=1S/C15H26F3N3O2/c1-11-2-3-12(23-11)4-5-14(22)20-10-13(15(16,17)18)21-8-6-19-7-9-21/h11-13,19H,2-10H2,1H3,(H,20,22). The molecule has 3 atom stereocenters. The topological polar surface area (TPSA) is 53.6 Å². The second-order valence-electron chi connectivity index (χ2n) is 6.33. The van der Waals surface area contributed by atoms with E-state index in [1.807, 2.05) is 6.92 Å². The van der Waals surface area contributed by atoms with Gasteiger partial charge >= 0.3 is 6.18 Å². The summed E-state index contributed by atoms with van der Waals surface area (Å²) in [6.45, 7) is 3.36. The maximum atomic E-state index is 13.2. The zero-order valence-electron chi connectivity index (χ0n) is 13.5. The highest BCUT2D eigenvalue weighted by atomic mass is 19.4. The SMILES string of the molecule is CC1CCC(CCC(=O)NCC(N2CCNCC2)C(F)(F)F)O1. The van der Waals surface area contributed by atoms with E-state index < -0.39 is 12.2 Å². The van der Waals surface area contributed by atoms with Crippen molar-refractivity contribution >= 4 is 5.91 Å². The predicted molar refractivity (Wildman–Crippen MR) is 80.1 cm³/mol. The number of carbonyl (C=O) groups excluding carboxylic acids is 1. The number of amides is 1. The first-order valence-electron chi connectivity index (χ1n) is 8.30. The third-order valence-corrected chi connectivity index (χ3v) is 4.48. The number of alkyl halides is 3. The molecule has 0 bridgehead atoms. The molecule has 2 heterocycles. The minimum absolute atomic E-state index is 0.0577. The van der Waals surface area contributed by atoms with Crippen LogP contribution in [0.5, 0.6) is 0 Å². The van der Waals surface area contributed by atoms with E-state index in [4.69, 9.17) is 4.74 Å². The fourth-order valence-corrected chi connectivity index (χ4v) is 3.13. The number of hydrogen-bond donors (Lipinski definition) is 2. The molecule has 5 nitrogen and oxygen atoms in total. The first-order chi connectivity index (χ1) is 10.9. The van der Waals surface area contributed by atoms with E-state index >= 15 is 0 Å². The highest BCUT2D eigenvalue weighted by molar-refractivity contribution is 5.75. The number of hydrogen-bond acceptors (Lipinski definition) is 4. The molecule has 134 valence electrons. The number of rotatable bonds is 6. The van der Waals surface area contributed by atoms with Crippen molar-refractivity contribution in [3.05, 3.63) is 0 Å². The van der Waals surface area contributed by atoms with Crippen molar-refractivity contribution in [2.45, 2.75) is 57.0 Å². The molecule has 0 radical (unpaired) electrons. The fraction of sp³-hybridized carbons (Fsp3) is 0.933. The van der Waals surface area contributed by atoms with Gasteiger partial charge in [-0.2, -0.15) is 13.2 Å². The van der Waals surface area contributed by atoms with E-state index in [1.54, 1.807) is 0 Å². The van der Waals surface area contributed by atoms with E-state index in [0.717, 1.165) is 12.8 Å². The lowest BCUT2D eigenvalue weighted by Crippen LogP contribution is -2.57. The Kier molecular flexibility index (Phi) is 6.67. The van der Waals surface area contributed by atoms with Gasteiger partial charge in [0.2, 0.25) is 5.91 Å². The molecule has 0 aromatic carbocycles. The van der Waals surface area contributed by atoms with Gasteiger partial charge in [0, 0.05) is 39.1 Å². The number of carbonyl (C=O) groups is 1. The fourth-order valence-electron chi connectivity index (χ4n) is 3.13. The summed E-state index contributed by atoms with van der Waals surface area (Å²) in [5, 5.41) is 5.48. The molecule has 0 aromatic heterocycles. The molecule has 0 spiro atoms. The van der Waals surface area contributed by atoms with Crippen LogP contribution >= 0.6 is 0 Å². The van der Waals surface area contributed by atoms with Crippen LogP contribution in [0.25, 0.3) is 0 Å². The van der Waals surface area contributed by atoms with Crippen LogP contribution < -0.4 is 10.6 Å². The van der Waals surface area contributed by atoms with Crippen LogP contribution in [-0.4, -0.2) is 68.0 Å². The van der Waals surface area contributed by atoms with E-state index in [-0.39, 0.29) is 31.1 Å². The number of piperazine rings is 1. The Bertz CT molecular complexity index is 387. The van der Waals surface area contributed by atoms with Crippen LogP contribution in [0.15, 0.2) is 0 Å². The van der Waals surface area contributed by atoms with Crippen molar-refractivity contribution < 1.29 is 22.7 Å². The molecule has 0 aromatic rings. The van der Waals surface area contributed by atoms with E-state index in [0.29, 0.717) is 32.6 Å². The molecule has 0 aliphatic carbocycles. The van der Waals surface area contributed by atoms with Gasteiger partial charge < -0.3 is 15.4 Å². The molecule has 2 N–H and O–H groups in total. The van der Waals surface area contributed by atoms with Gasteiger partial charge in [-0.25, -0.2) is 0 Å². The van der Waals surface area contributed by atoms with E-state index in [2.05, 4.69) is 10.6 Å². The van der Waals surface area contributed by atoms with Gasteiger partial charge in [-0.3, -0.25) is 9.69 Å². The zero-order valence-corrected chi connectivity index (χ0v) is 13.5. The van der Waals surface area contributed by atoms with Gasteiger partial charge in [0.15, 0.2) is 0 Å². The molecular weight excluding hydrogens is 311 g/mol. The van der Waals surface area contributed by atoms with Gasteiger partial charge in [0.05, 0.1) is 12.2 Å². The summed E-state index contributed by atoms with van der Waals surface area (Å²) in [5.41, 5.74) is 0. The second kappa shape index (κ2) is 8.30. The van der Waals surface area contributed by atoms with Crippen LogP contribution in [0.4, 0.5) is 13.2 Å². The van der Waals surface area contributed by atoms with Crippen molar-refractivity contribution in [1.29, 1.82) is 0 Å². The molecule has 2 aliphatic rings. The van der Waals surface area contributed by atoms with Crippen molar-refractivity contribution in [1.82, 2.24) is 15.5 Å². The van der Waals surface area contributed by atoms with E-state index in [1.165, 1.54) is 4.90 Å². The Hall–Kier alpha value is -0.860. The van der Waals surface area contributed by atoms with Crippen LogP contribution in [0.3, 0.4) is 0 Å². The van der Waals surface area contributed by atoms with Crippen LogP contribution in [0.2, 0.25) is 0 Å². The summed E-state index contributed by atoms with van der Waals surface area (Å²) in [5.74, 6) is -0.336. The summed E-state index contributed by atoms with van der Waals surface area (Å²) >= 11 is 0. The molecule has 23 heavy (non-hydrogen) atoms. The van der Waals surface area contributed by atoms with Crippen LogP contribution in [-0.2, 0) is 9.53 Å². The lowest BCUT2D eigenvalue weighted by molar-refractivity contribution is -0.184. The normalized spacial score (nSPS) is 27.8. The summed E-state index contributed by atoms with van der Waals surface area (Å²) < 4.78 is 45.2. The largest absolute Gasteiger partial charge is 0.405 e. The van der Waals surface area contributed by atoms with Gasteiger partial charge in [-0.15, -0.1) is 0 Å². The van der Waals surface area contributed by atoms with Crippen molar-refractivity contribution in [3.8, 4) is 0 Å². The summed E-state index contributed by atoms with van der Waals surface area (Å²) in [6, 6.07) is -1.61. The zero-order chi connectivity index (χ0) is 16.9. The predicted octanol–water partition coefficient (Wildman–Crippen LogP) is 1.29. The van der Waals surface area contributed by atoms with Crippen molar-refractivity contribution in [2.75, 3.05) is 32.7 Å². The van der Waals surface area contributed by atoms with Crippen LogP contribution in [0, 0.1) is 0 Å². The summed E-state index contributed by atoms with van der Waals surface area (Å²) in [4.78, 5) is 13.2. The molecular formula is C15H26F3N3O2. The highest BCUT2D eigenvalue weighted by Gasteiger charge is 2.43. The molecule has 1 amide bonds. The van der Waals surface area contributed by atoms with Crippen LogP contribution in [0.1, 0.15) is 32.6 Å². The number of nitrogens with zero attached hydrogens (tertiary/aromatic N) is 1. The number of nitrogens with one attached hydrogen (secondary N) is 2. The molecule has 0 saturated carbocycles. The van der Waals surface area contributed by atoms with Gasteiger partial charge in [0.1, 0.15) is 6.04 Å². The molecule has 2 rings (SSSR count). The first-order valence-corrected chi connectivity index (χ1v) is 8.30. The van der Waals surface area contributed by atoms with Gasteiger partial charge in [-0.05, 0) is 26.2 Å². The molecule has 2 aliphatic heterocycles.